The van der Waals surface area contributed by atoms with Gasteiger partial charge in [0.1, 0.15) is 5.60 Å². The zero-order valence-electron chi connectivity index (χ0n) is 24.9. The summed E-state index contributed by atoms with van der Waals surface area (Å²) in [5.41, 5.74) is 5.60. The van der Waals surface area contributed by atoms with E-state index >= 15 is 0 Å². The van der Waals surface area contributed by atoms with Crippen LogP contribution < -0.4 is 9.47 Å². The number of methoxy groups -OCH3 is 2. The number of carbonyl (C=O) groups excluding carboxylic acids is 1. The van der Waals surface area contributed by atoms with Gasteiger partial charge in [0.25, 0.3) is 0 Å². The molecule has 7 heteroatoms. The molecule has 4 rings (SSSR count). The molecule has 7 nitrogen and oxygen atoms in total. The Labute approximate surface area is 233 Å². The van der Waals surface area contributed by atoms with Crippen molar-refractivity contribution in [3.8, 4) is 22.8 Å². The molecule has 0 bridgehead atoms. The van der Waals surface area contributed by atoms with Crippen molar-refractivity contribution < 1.29 is 19.0 Å². The molecule has 2 aromatic carbocycles. The predicted octanol–water partition coefficient (Wildman–Crippen LogP) is 7.02. The van der Waals surface area contributed by atoms with Gasteiger partial charge in [0, 0.05) is 43.1 Å². The number of aromatic amines is 1. The fourth-order valence-corrected chi connectivity index (χ4v) is 5.56. The van der Waals surface area contributed by atoms with Crippen LogP contribution in [0.5, 0.6) is 11.5 Å². The summed E-state index contributed by atoms with van der Waals surface area (Å²) in [6, 6.07) is 13.0. The number of hydrogen-bond acceptors (Lipinski definition) is 5. The van der Waals surface area contributed by atoms with Crippen molar-refractivity contribution in [2.24, 2.45) is 0 Å². The van der Waals surface area contributed by atoms with E-state index < -0.39 is 5.60 Å². The zero-order chi connectivity index (χ0) is 28.3. The molecule has 2 heterocycles. The molecule has 0 aliphatic carbocycles. The summed E-state index contributed by atoms with van der Waals surface area (Å²) >= 11 is 0. The second-order valence-corrected chi connectivity index (χ2v) is 12.0. The van der Waals surface area contributed by atoms with Gasteiger partial charge in [-0.15, -0.1) is 0 Å². The smallest absolute Gasteiger partial charge is 0.410 e. The third kappa shape index (κ3) is 6.70. The van der Waals surface area contributed by atoms with E-state index in [1.54, 1.807) is 19.1 Å². The lowest BCUT2D eigenvalue weighted by Crippen LogP contribution is -2.42. The van der Waals surface area contributed by atoms with Crippen molar-refractivity contribution >= 4 is 17.0 Å². The SMILES string of the molecule is COc1ccc(-c2[nH]c3ccc(C4CCCN(CCN(C)C(=O)OC(C)(C)C)C4)cc3c2C(C)C)cc1OC. The number of H-pyrrole nitrogens is 1. The molecule has 1 aliphatic heterocycles. The summed E-state index contributed by atoms with van der Waals surface area (Å²) in [4.78, 5) is 20.2. The number of nitrogens with zero attached hydrogens (tertiary/aromatic N) is 2. The molecule has 1 saturated heterocycles. The number of likely N-dealkylation sites (N-methyl/N-ethyl adjacent to an activating group) is 1. The summed E-state index contributed by atoms with van der Waals surface area (Å²) in [5, 5.41) is 1.29. The highest BCUT2D eigenvalue weighted by Crippen LogP contribution is 2.40. The van der Waals surface area contributed by atoms with E-state index in [1.807, 2.05) is 40.0 Å². The van der Waals surface area contributed by atoms with E-state index in [0.717, 1.165) is 54.3 Å². The van der Waals surface area contributed by atoms with Crippen molar-refractivity contribution in [3.05, 3.63) is 47.5 Å². The van der Waals surface area contributed by atoms with Gasteiger partial charge in [0.2, 0.25) is 0 Å². The highest BCUT2D eigenvalue weighted by Gasteiger charge is 2.25. The standard InChI is InChI=1S/C32H45N3O4/c1-21(2)29-25-18-22(11-13-26(25)33-30(29)23-12-14-27(37-7)28(19-23)38-8)24-10-9-15-35(20-24)17-16-34(6)31(36)39-32(3,4)5/h11-14,18-19,21,24,33H,9-10,15-17,20H2,1-8H3. The molecule has 1 aliphatic rings. The Balaban J connectivity index is 1.54. The second kappa shape index (κ2) is 11.9. The number of aromatic nitrogens is 1. The molecule has 0 radical (unpaired) electrons. The maximum Gasteiger partial charge on any atom is 0.410 e. The number of ether oxygens (including phenoxy) is 3. The Hall–Kier alpha value is -3.19. The minimum atomic E-state index is -0.480. The van der Waals surface area contributed by atoms with Crippen LogP contribution in [-0.2, 0) is 4.74 Å². The average molecular weight is 536 g/mol. The maximum absolute atomic E-state index is 12.4. The average Bonchev–Trinajstić information content (AvgIpc) is 3.29. The van der Waals surface area contributed by atoms with E-state index in [4.69, 9.17) is 14.2 Å². The highest BCUT2D eigenvalue weighted by atomic mass is 16.6. The van der Waals surface area contributed by atoms with Gasteiger partial charge >= 0.3 is 6.09 Å². The van der Waals surface area contributed by atoms with E-state index in [0.29, 0.717) is 18.4 Å². The van der Waals surface area contributed by atoms with E-state index in [1.165, 1.54) is 22.9 Å². The monoisotopic (exact) mass is 535 g/mol. The molecule has 1 unspecified atom stereocenters. The van der Waals surface area contributed by atoms with Gasteiger partial charge < -0.3 is 29.0 Å². The number of benzene rings is 2. The molecular formula is C32H45N3O4. The number of piperidine rings is 1. The Bertz CT molecular complexity index is 1290. The van der Waals surface area contributed by atoms with Crippen LogP contribution in [0.3, 0.4) is 0 Å². The molecular weight excluding hydrogens is 490 g/mol. The normalized spacial score (nSPS) is 16.5. The van der Waals surface area contributed by atoms with E-state index in [2.05, 4.69) is 48.0 Å². The summed E-state index contributed by atoms with van der Waals surface area (Å²) in [7, 11) is 5.15. The van der Waals surface area contributed by atoms with Gasteiger partial charge in [-0.05, 0) is 93.5 Å². The van der Waals surface area contributed by atoms with Crippen molar-refractivity contribution in [2.45, 2.75) is 64.9 Å². The van der Waals surface area contributed by atoms with Crippen LogP contribution in [0.4, 0.5) is 4.79 Å². The summed E-state index contributed by atoms with van der Waals surface area (Å²) in [6.45, 7) is 13.8. The molecule has 3 aromatic rings. The van der Waals surface area contributed by atoms with Gasteiger partial charge in [0.05, 0.1) is 19.9 Å². The Morgan fingerprint density at radius 1 is 1.10 bits per heavy atom. The molecule has 1 aromatic heterocycles. The van der Waals surface area contributed by atoms with Crippen molar-refractivity contribution in [3.63, 3.8) is 0 Å². The highest BCUT2D eigenvalue weighted by molar-refractivity contribution is 5.92. The molecule has 1 amide bonds. The van der Waals surface area contributed by atoms with Gasteiger partial charge in [-0.3, -0.25) is 0 Å². The van der Waals surface area contributed by atoms with Gasteiger partial charge in [0.15, 0.2) is 11.5 Å². The van der Waals surface area contributed by atoms with Crippen LogP contribution >= 0.6 is 0 Å². The van der Waals surface area contributed by atoms with E-state index in [-0.39, 0.29) is 6.09 Å². The fraction of sp³-hybridized carbons (Fsp3) is 0.531. The minimum Gasteiger partial charge on any atom is -0.493 e. The summed E-state index contributed by atoms with van der Waals surface area (Å²) in [6.07, 6.45) is 2.06. The van der Waals surface area contributed by atoms with Crippen molar-refractivity contribution in [1.82, 2.24) is 14.8 Å². The van der Waals surface area contributed by atoms with Crippen molar-refractivity contribution in [1.29, 1.82) is 0 Å². The predicted molar refractivity (Wildman–Crippen MR) is 158 cm³/mol. The molecule has 1 N–H and O–H groups in total. The first-order valence-corrected chi connectivity index (χ1v) is 14.0. The summed E-state index contributed by atoms with van der Waals surface area (Å²) < 4.78 is 16.5. The lowest BCUT2D eigenvalue weighted by Gasteiger charge is -2.34. The van der Waals surface area contributed by atoms with Crippen LogP contribution in [0, 0.1) is 0 Å². The molecule has 39 heavy (non-hydrogen) atoms. The topological polar surface area (TPSA) is 67.0 Å². The van der Waals surface area contributed by atoms with E-state index in [9.17, 15) is 4.79 Å². The largest absolute Gasteiger partial charge is 0.493 e. The fourth-order valence-electron chi connectivity index (χ4n) is 5.56. The second-order valence-electron chi connectivity index (χ2n) is 12.0. The van der Waals surface area contributed by atoms with Crippen LogP contribution in [-0.4, -0.2) is 73.9 Å². The molecule has 0 spiro atoms. The maximum atomic E-state index is 12.4. The number of likely N-dealkylation sites (tertiary alicyclic amines) is 1. The minimum absolute atomic E-state index is 0.263. The number of hydrogen-bond donors (Lipinski definition) is 1. The molecule has 1 atom stereocenters. The lowest BCUT2D eigenvalue weighted by molar-refractivity contribution is 0.0278. The Morgan fingerprint density at radius 2 is 1.85 bits per heavy atom. The number of carbonyl (C=O) groups is 1. The first-order chi connectivity index (χ1) is 18.5. The number of rotatable bonds is 8. The molecule has 1 fully saturated rings. The third-order valence-corrected chi connectivity index (χ3v) is 7.55. The molecule has 0 saturated carbocycles. The van der Waals surface area contributed by atoms with Crippen LogP contribution in [0.1, 0.15) is 70.4 Å². The Kier molecular flexibility index (Phi) is 8.80. The summed E-state index contributed by atoms with van der Waals surface area (Å²) in [5.74, 6) is 2.27. The van der Waals surface area contributed by atoms with Gasteiger partial charge in [-0.25, -0.2) is 4.79 Å². The van der Waals surface area contributed by atoms with Crippen LogP contribution in [0.2, 0.25) is 0 Å². The number of fused-ring (bicyclic) bond motifs is 1. The Morgan fingerprint density at radius 3 is 2.51 bits per heavy atom. The first-order valence-electron chi connectivity index (χ1n) is 14.0. The van der Waals surface area contributed by atoms with Gasteiger partial charge in [-0.2, -0.15) is 0 Å². The van der Waals surface area contributed by atoms with Gasteiger partial charge in [-0.1, -0.05) is 19.9 Å². The van der Waals surface area contributed by atoms with Crippen LogP contribution in [0.15, 0.2) is 36.4 Å². The lowest BCUT2D eigenvalue weighted by atomic mass is 9.88. The first kappa shape index (κ1) is 28.8. The van der Waals surface area contributed by atoms with Crippen molar-refractivity contribution in [2.75, 3.05) is 47.4 Å². The quantitative estimate of drug-likeness (QED) is 0.336. The number of amides is 1. The van der Waals surface area contributed by atoms with Crippen LogP contribution in [0.25, 0.3) is 22.2 Å². The molecule has 212 valence electrons. The number of nitrogens with one attached hydrogen (secondary N) is 1. The zero-order valence-corrected chi connectivity index (χ0v) is 24.9. The third-order valence-electron chi connectivity index (χ3n) is 7.55.